The van der Waals surface area contributed by atoms with Crippen LogP contribution < -0.4 is 14.8 Å². The number of hydrogen-bond donors (Lipinski definition) is 1. The molecule has 6 heteroatoms. The third-order valence-corrected chi connectivity index (χ3v) is 6.07. The average molecular weight is 414 g/mol. The van der Waals surface area contributed by atoms with Gasteiger partial charge in [0.1, 0.15) is 5.82 Å². The predicted molar refractivity (Wildman–Crippen MR) is 121 cm³/mol. The number of methoxy groups -OCH3 is 1. The second-order valence-electron chi connectivity index (χ2n) is 8.78. The standard InChI is InChI=1S/C24H35N3O3/c1-15(2)25-24-23-17(4)30-16(3)22(23)18-13-20(28-5)21(14-19(18)26-24)29-12-8-11-27-9-6-7-10-27/h13-17H,6-12H2,1-5H3,(H,25,26). The molecule has 0 spiro atoms. The minimum absolute atomic E-state index is 0.0145. The first-order chi connectivity index (χ1) is 14.5. The summed E-state index contributed by atoms with van der Waals surface area (Å²) in [6.07, 6.45) is 3.69. The predicted octanol–water partition coefficient (Wildman–Crippen LogP) is 5.08. The van der Waals surface area contributed by atoms with E-state index in [0.29, 0.717) is 12.6 Å². The van der Waals surface area contributed by atoms with Crippen LogP contribution in [0.1, 0.15) is 70.3 Å². The number of nitrogens with one attached hydrogen (secondary N) is 1. The first-order valence-corrected chi connectivity index (χ1v) is 11.3. The Morgan fingerprint density at radius 3 is 2.57 bits per heavy atom. The number of fused-ring (bicyclic) bond motifs is 3. The minimum atomic E-state index is 0.0145. The first kappa shape index (κ1) is 21.2. The van der Waals surface area contributed by atoms with Gasteiger partial charge in [-0.2, -0.15) is 0 Å². The molecule has 2 aliphatic rings. The molecule has 0 amide bonds. The molecule has 1 fully saturated rings. The number of nitrogens with zero attached hydrogens (tertiary/aromatic N) is 2. The zero-order valence-electron chi connectivity index (χ0n) is 19.0. The number of ether oxygens (including phenoxy) is 3. The third-order valence-electron chi connectivity index (χ3n) is 6.07. The molecule has 0 radical (unpaired) electrons. The second kappa shape index (κ2) is 8.98. The Labute approximate surface area is 179 Å². The number of rotatable bonds is 8. The van der Waals surface area contributed by atoms with E-state index in [1.165, 1.54) is 31.5 Å². The van der Waals surface area contributed by atoms with Crippen LogP contribution in [0.25, 0.3) is 10.9 Å². The normalized spacial score (nSPS) is 21.4. The Morgan fingerprint density at radius 1 is 1.13 bits per heavy atom. The molecule has 2 unspecified atom stereocenters. The highest BCUT2D eigenvalue weighted by Gasteiger charge is 2.32. The van der Waals surface area contributed by atoms with Gasteiger partial charge in [-0.1, -0.05) is 0 Å². The van der Waals surface area contributed by atoms with E-state index < -0.39 is 0 Å². The highest BCUT2D eigenvalue weighted by Crippen LogP contribution is 2.47. The van der Waals surface area contributed by atoms with Crippen molar-refractivity contribution < 1.29 is 14.2 Å². The molecule has 1 aromatic heterocycles. The van der Waals surface area contributed by atoms with Crippen LogP contribution in [0.2, 0.25) is 0 Å². The van der Waals surface area contributed by atoms with Crippen molar-refractivity contribution in [1.29, 1.82) is 0 Å². The Kier molecular flexibility index (Phi) is 6.34. The topological polar surface area (TPSA) is 55.8 Å². The largest absolute Gasteiger partial charge is 0.493 e. The van der Waals surface area contributed by atoms with E-state index >= 15 is 0 Å². The lowest BCUT2D eigenvalue weighted by molar-refractivity contribution is 0.0338. The molecular formula is C24H35N3O3. The molecule has 30 heavy (non-hydrogen) atoms. The van der Waals surface area contributed by atoms with Crippen molar-refractivity contribution in [2.24, 2.45) is 0 Å². The molecule has 2 atom stereocenters. The van der Waals surface area contributed by atoms with Crippen LogP contribution >= 0.6 is 0 Å². The van der Waals surface area contributed by atoms with Gasteiger partial charge in [-0.25, -0.2) is 4.98 Å². The van der Waals surface area contributed by atoms with Gasteiger partial charge in [0.25, 0.3) is 0 Å². The minimum Gasteiger partial charge on any atom is -0.493 e. The van der Waals surface area contributed by atoms with Crippen LogP contribution in [0.4, 0.5) is 5.82 Å². The number of benzene rings is 1. The van der Waals surface area contributed by atoms with Crippen molar-refractivity contribution >= 4 is 16.7 Å². The summed E-state index contributed by atoms with van der Waals surface area (Å²) in [5, 5.41) is 4.59. The van der Waals surface area contributed by atoms with Crippen molar-refractivity contribution in [3.05, 3.63) is 23.3 Å². The van der Waals surface area contributed by atoms with Crippen LogP contribution in [0.15, 0.2) is 12.1 Å². The Balaban J connectivity index is 1.63. The highest BCUT2D eigenvalue weighted by atomic mass is 16.5. The van der Waals surface area contributed by atoms with Gasteiger partial charge < -0.3 is 24.4 Å². The second-order valence-corrected chi connectivity index (χ2v) is 8.78. The average Bonchev–Trinajstić information content (AvgIpc) is 3.32. The molecule has 6 nitrogen and oxygen atoms in total. The molecular weight excluding hydrogens is 378 g/mol. The van der Waals surface area contributed by atoms with Crippen molar-refractivity contribution in [3.8, 4) is 11.5 Å². The van der Waals surface area contributed by atoms with Crippen LogP contribution in [-0.2, 0) is 4.74 Å². The van der Waals surface area contributed by atoms with E-state index in [9.17, 15) is 0 Å². The summed E-state index contributed by atoms with van der Waals surface area (Å²) >= 11 is 0. The zero-order chi connectivity index (χ0) is 21.3. The molecule has 1 aromatic carbocycles. The number of aromatic nitrogens is 1. The molecule has 0 saturated carbocycles. The summed E-state index contributed by atoms with van der Waals surface area (Å²) in [7, 11) is 1.70. The third kappa shape index (κ3) is 4.21. The van der Waals surface area contributed by atoms with Gasteiger partial charge in [0.05, 0.1) is 31.4 Å². The van der Waals surface area contributed by atoms with Crippen LogP contribution in [0, 0.1) is 0 Å². The fraction of sp³-hybridized carbons (Fsp3) is 0.625. The van der Waals surface area contributed by atoms with Crippen molar-refractivity contribution in [2.45, 2.75) is 65.2 Å². The first-order valence-electron chi connectivity index (χ1n) is 11.3. The van der Waals surface area contributed by atoms with E-state index in [2.05, 4.69) is 44.0 Å². The van der Waals surface area contributed by atoms with E-state index in [1.54, 1.807) is 7.11 Å². The van der Waals surface area contributed by atoms with Crippen LogP contribution in [0.5, 0.6) is 11.5 Å². The molecule has 164 valence electrons. The van der Waals surface area contributed by atoms with Gasteiger partial charge in [0, 0.05) is 29.6 Å². The molecule has 4 rings (SSSR count). The maximum Gasteiger partial charge on any atom is 0.163 e. The molecule has 2 aromatic rings. The smallest absolute Gasteiger partial charge is 0.163 e. The number of anilines is 1. The van der Waals surface area contributed by atoms with Crippen LogP contribution in [-0.4, -0.2) is 49.3 Å². The van der Waals surface area contributed by atoms with E-state index in [1.807, 2.05) is 6.07 Å². The van der Waals surface area contributed by atoms with Gasteiger partial charge in [0.15, 0.2) is 11.5 Å². The molecule has 0 bridgehead atoms. The Hall–Kier alpha value is -2.05. The summed E-state index contributed by atoms with van der Waals surface area (Å²) in [5.74, 6) is 2.42. The monoisotopic (exact) mass is 413 g/mol. The summed E-state index contributed by atoms with van der Waals surface area (Å²) in [4.78, 5) is 7.48. The maximum atomic E-state index is 6.14. The summed E-state index contributed by atoms with van der Waals surface area (Å²) in [5.41, 5.74) is 3.27. The van der Waals surface area contributed by atoms with Crippen LogP contribution in [0.3, 0.4) is 0 Å². The van der Waals surface area contributed by atoms with E-state index in [4.69, 9.17) is 19.2 Å². The summed E-state index contributed by atoms with van der Waals surface area (Å²) < 4.78 is 18.0. The zero-order valence-corrected chi connectivity index (χ0v) is 19.0. The fourth-order valence-electron chi connectivity index (χ4n) is 4.73. The number of likely N-dealkylation sites (tertiary alicyclic amines) is 1. The Bertz CT molecular complexity index is 893. The number of pyridine rings is 1. The summed E-state index contributed by atoms with van der Waals surface area (Å²) in [6, 6.07) is 4.38. The van der Waals surface area contributed by atoms with Gasteiger partial charge in [-0.05, 0) is 71.7 Å². The lowest BCUT2D eigenvalue weighted by Crippen LogP contribution is -2.21. The lowest BCUT2D eigenvalue weighted by Gasteiger charge is -2.19. The van der Waals surface area contributed by atoms with Gasteiger partial charge in [-0.15, -0.1) is 0 Å². The lowest BCUT2D eigenvalue weighted by atomic mass is 9.98. The number of hydrogen-bond acceptors (Lipinski definition) is 6. The molecule has 3 heterocycles. The van der Waals surface area contributed by atoms with Crippen molar-refractivity contribution in [2.75, 3.05) is 38.7 Å². The van der Waals surface area contributed by atoms with Gasteiger partial charge in [-0.3, -0.25) is 0 Å². The molecule has 0 aliphatic carbocycles. The Morgan fingerprint density at radius 2 is 1.87 bits per heavy atom. The van der Waals surface area contributed by atoms with Gasteiger partial charge in [0.2, 0.25) is 0 Å². The fourth-order valence-corrected chi connectivity index (χ4v) is 4.73. The highest BCUT2D eigenvalue weighted by molar-refractivity contribution is 5.90. The molecule has 1 N–H and O–H groups in total. The molecule has 1 saturated heterocycles. The van der Waals surface area contributed by atoms with E-state index in [-0.39, 0.29) is 12.2 Å². The van der Waals surface area contributed by atoms with Crippen molar-refractivity contribution in [1.82, 2.24) is 9.88 Å². The van der Waals surface area contributed by atoms with Crippen molar-refractivity contribution in [3.63, 3.8) is 0 Å². The quantitative estimate of drug-likeness (QED) is 0.609. The van der Waals surface area contributed by atoms with E-state index in [0.717, 1.165) is 46.7 Å². The SMILES string of the molecule is COc1cc2c3c(c(NC(C)C)nc2cc1OCCCN1CCCC1)C(C)OC3C. The molecule has 2 aliphatic heterocycles. The summed E-state index contributed by atoms with van der Waals surface area (Å²) in [6.45, 7) is 12.7. The maximum absolute atomic E-state index is 6.14. The van der Waals surface area contributed by atoms with Gasteiger partial charge >= 0.3 is 0 Å².